The van der Waals surface area contributed by atoms with Crippen LogP contribution in [0.4, 0.5) is 26.3 Å². The molecule has 0 bridgehead atoms. The summed E-state index contributed by atoms with van der Waals surface area (Å²) in [6.07, 6.45) is 12.4. The molecule has 9 amide bonds. The summed E-state index contributed by atoms with van der Waals surface area (Å²) >= 11 is 0. The van der Waals surface area contributed by atoms with Crippen LogP contribution in [-0.4, -0.2) is 259 Å². The van der Waals surface area contributed by atoms with Crippen LogP contribution in [-0.2, 0) is 62.3 Å². The van der Waals surface area contributed by atoms with Crippen molar-refractivity contribution in [3.63, 3.8) is 0 Å². The van der Waals surface area contributed by atoms with E-state index in [0.717, 1.165) is 22.6 Å². The van der Waals surface area contributed by atoms with Crippen molar-refractivity contribution in [3.8, 4) is 11.5 Å². The number of aliphatic carboxylic acids is 2. The number of fused-ring (bicyclic) bond motifs is 17. The molecule has 9 saturated carbocycles. The number of alkyl halides is 6. The van der Waals surface area contributed by atoms with Gasteiger partial charge in [-0.05, 0) is 239 Å². The van der Waals surface area contributed by atoms with Gasteiger partial charge < -0.3 is 66.5 Å². The Morgan fingerprint density at radius 3 is 1.16 bits per heavy atom. The second-order valence-corrected chi connectivity index (χ2v) is 43.8. The maximum atomic E-state index is 17.4. The van der Waals surface area contributed by atoms with Gasteiger partial charge in [-0.2, -0.15) is 13.2 Å². The molecule has 4 heterocycles. The molecule has 14 N–H and O–H groups in total. The largest absolute Gasteiger partial charge is 0.490 e. The van der Waals surface area contributed by atoms with E-state index in [-0.39, 0.29) is 152 Å². The molecule has 26 atom stereocenters. The van der Waals surface area contributed by atoms with Crippen molar-refractivity contribution in [2.24, 2.45) is 91.5 Å². The lowest BCUT2D eigenvalue weighted by Crippen LogP contribution is -2.70. The number of aliphatic hydroxyl groups excluding tert-OH is 4. The number of piperidine rings is 2. The number of carboxylic acids is 2. The number of nitrogens with zero attached hydrogens (tertiary/aromatic N) is 2. The third kappa shape index (κ3) is 17.6. The highest BCUT2D eigenvalue weighted by Gasteiger charge is 2.80. The van der Waals surface area contributed by atoms with Crippen molar-refractivity contribution >= 4 is 99.8 Å². The number of rotatable bonds is 23. The molecule has 34 nitrogen and oxygen atoms in total. The molecule has 40 heteroatoms. The summed E-state index contributed by atoms with van der Waals surface area (Å²) in [7, 11) is 0. The Kier molecular flexibility index (Phi) is 30.5. The Hall–Kier alpha value is -11.3. The molecular weight excluding hydrogens is 1920 g/mol. The topological polar surface area (TPSA) is 559 Å². The average molecular weight is 2050 g/mol. The minimum Gasteiger partial charge on any atom is -0.485 e. The van der Waals surface area contributed by atoms with Crippen LogP contribution >= 0.6 is 0 Å². The van der Waals surface area contributed by atoms with E-state index in [1.165, 1.54) is 66.8 Å². The fraction of sp³-hybridized carbons (Fsp3) is 0.613. The number of Topliss-reactive ketones (excluding diaryl/α,β-unsaturated/α-hetero) is 3. The summed E-state index contributed by atoms with van der Waals surface area (Å²) in [6.45, 7) is 15.2. The van der Waals surface area contributed by atoms with E-state index >= 15 is 13.2 Å². The molecule has 2 aromatic rings. The molecule has 18 rings (SSSR count). The zero-order valence-electron chi connectivity index (χ0n) is 82.8. The predicted octanol–water partition coefficient (Wildman–Crippen LogP) is 8.56. The van der Waals surface area contributed by atoms with E-state index < -0.39 is 216 Å². The van der Waals surface area contributed by atoms with Gasteiger partial charge >= 0.3 is 18.1 Å². The summed E-state index contributed by atoms with van der Waals surface area (Å²) in [4.78, 5) is 209. The summed E-state index contributed by atoms with van der Waals surface area (Å²) < 4.78 is 94.0. The minimum absolute atomic E-state index is 0.00812. The first-order valence-corrected chi connectivity index (χ1v) is 50.0. The van der Waals surface area contributed by atoms with E-state index in [0.29, 0.717) is 113 Å². The lowest BCUT2D eigenvalue weighted by molar-refractivity contribution is -0.225. The molecule has 12 aliphatic carbocycles. The number of amides is 9. The molecule has 2 unspecified atom stereocenters. The number of allylic oxidation sites excluding steroid dienone is 12. The molecule has 792 valence electrons. The van der Waals surface area contributed by atoms with Crippen molar-refractivity contribution in [2.75, 3.05) is 32.9 Å². The van der Waals surface area contributed by atoms with Crippen molar-refractivity contribution in [1.82, 2.24) is 25.8 Å². The number of carbonyl (C=O) groups excluding carboxylic acids is 15. The first kappa shape index (κ1) is 110. The van der Waals surface area contributed by atoms with E-state index in [1.807, 2.05) is 0 Å². The highest BCUT2D eigenvalue weighted by Crippen LogP contribution is 2.75. The number of hydrogen-bond acceptors (Lipinski definition) is 27. The van der Waals surface area contributed by atoms with Crippen molar-refractivity contribution in [2.45, 2.75) is 287 Å². The molecule has 146 heavy (non-hydrogen) atoms. The number of benzene rings is 2. The summed E-state index contributed by atoms with van der Waals surface area (Å²) in [6, 6.07) is 6.80. The third-order valence-corrected chi connectivity index (χ3v) is 36.4. The third-order valence-electron chi connectivity index (χ3n) is 36.4. The highest BCUT2D eigenvalue weighted by molar-refractivity contribution is 6.26. The summed E-state index contributed by atoms with van der Waals surface area (Å²) in [5, 5.41) is 102. The van der Waals surface area contributed by atoms with Crippen LogP contribution in [0.5, 0.6) is 11.5 Å². The number of halogens is 6. The van der Waals surface area contributed by atoms with E-state index in [9.17, 15) is 131 Å². The SMILES string of the molecule is C[C@@H]1C[C@H]2[C@@H]3CCC4=CC(=O)C=C[C@]4(C)[C@@]3(F)[C@@H](O)C[C@]2(C)[C@@]1(O)C(=O)CO.C[C@@H]1C[C@H]2[C@@H]3CCC4=CC(=O)C=C[C@]4(C)[C@@]3(F)[C@@H](O)C[C@]2(C)[C@@]1(O)C(=O)NCCCCCC(=O)COc1cccc2c1C(=O)N(C1CCC(=O)NC1=O)C2=O.C[C@@H]1C[C@H]2[C@@H]3CCC4=CC(=O)C=C[C@]4(C)[C@@]3(F)[C@@H](O)C[C@]2(C)[C@@]1(O)C(=O)O.NCCCCCC(=O)COc1cccc2c1C(=O)N(C1CCC(=O)NC1=O)C2=O.O=C(O)C(F)(F)F. The zero-order valence-corrected chi connectivity index (χ0v) is 82.8. The number of nitrogens with two attached hydrogens (primary N) is 1. The lowest BCUT2D eigenvalue weighted by Gasteiger charge is -2.62. The number of imide groups is 4. The van der Waals surface area contributed by atoms with Gasteiger partial charge in [0.1, 0.15) is 49.0 Å². The number of hydrogen-bond donors (Lipinski definition) is 13. The predicted molar refractivity (Wildman–Crippen MR) is 503 cm³/mol. The quantitative estimate of drug-likeness (QED) is 0.0281. The number of nitrogens with one attached hydrogen (secondary N) is 3. The van der Waals surface area contributed by atoms with Crippen LogP contribution in [0.2, 0.25) is 0 Å². The molecule has 11 fully saturated rings. The van der Waals surface area contributed by atoms with Crippen LogP contribution in [0.3, 0.4) is 0 Å². The molecule has 2 aromatic carbocycles. The number of carboxylic acid groups (broad SMARTS) is 2. The number of unbranched alkanes of at least 4 members (excludes halogenated alkanes) is 4. The second kappa shape index (κ2) is 40.3. The van der Waals surface area contributed by atoms with Crippen molar-refractivity contribution < 1.29 is 163 Å². The van der Waals surface area contributed by atoms with Gasteiger partial charge in [-0.1, -0.05) is 101 Å². The van der Waals surface area contributed by atoms with Crippen LogP contribution in [0.25, 0.3) is 0 Å². The van der Waals surface area contributed by atoms with Crippen molar-refractivity contribution in [3.05, 3.63) is 130 Å². The maximum Gasteiger partial charge on any atom is 0.490 e. The average Bonchev–Trinajstić information content (AvgIpc) is 1.43. The molecule has 0 aromatic heterocycles. The van der Waals surface area contributed by atoms with Gasteiger partial charge in [-0.3, -0.25) is 92.4 Å². The molecule has 0 radical (unpaired) electrons. The maximum absolute atomic E-state index is 17.4. The molecular formula is C106H128F6N6O28. The Morgan fingerprint density at radius 2 is 0.815 bits per heavy atom. The fourth-order valence-corrected chi connectivity index (χ4v) is 28.6. The smallest absolute Gasteiger partial charge is 0.485 e. The summed E-state index contributed by atoms with van der Waals surface area (Å²) in [5.74, 6) is -15.2. The zero-order chi connectivity index (χ0) is 107. The normalized spacial score (nSPS) is 38.0. The van der Waals surface area contributed by atoms with Gasteiger partial charge in [-0.25, -0.2) is 22.8 Å². The molecule has 4 aliphatic heterocycles. The van der Waals surface area contributed by atoms with Crippen LogP contribution in [0.1, 0.15) is 258 Å². The number of ketones is 6. The van der Waals surface area contributed by atoms with Gasteiger partial charge in [0.2, 0.25) is 23.6 Å². The number of ether oxygens (including phenoxy) is 2. The lowest BCUT2D eigenvalue weighted by atomic mass is 9.44. The molecule has 16 aliphatic rings. The first-order valence-electron chi connectivity index (χ1n) is 50.0. The molecule has 2 saturated heterocycles. The van der Waals surface area contributed by atoms with Crippen LogP contribution in [0, 0.1) is 85.8 Å². The van der Waals surface area contributed by atoms with Gasteiger partial charge in [-0.15, -0.1) is 0 Å². The molecule has 0 spiro atoms. The van der Waals surface area contributed by atoms with E-state index in [2.05, 4.69) is 16.0 Å². The number of carbonyl (C=O) groups is 17. The fourth-order valence-electron chi connectivity index (χ4n) is 28.6. The minimum atomic E-state index is -5.08. The Labute approximate surface area is 837 Å². The Balaban J connectivity index is 0.000000158. The van der Waals surface area contributed by atoms with Crippen molar-refractivity contribution in [1.29, 1.82) is 0 Å². The van der Waals surface area contributed by atoms with Gasteiger partial charge in [0, 0.05) is 82.5 Å². The van der Waals surface area contributed by atoms with Gasteiger partial charge in [0.25, 0.3) is 29.5 Å². The van der Waals surface area contributed by atoms with Crippen LogP contribution < -0.4 is 31.2 Å². The monoisotopic (exact) mass is 2050 g/mol. The van der Waals surface area contributed by atoms with E-state index in [1.54, 1.807) is 86.6 Å². The van der Waals surface area contributed by atoms with Crippen LogP contribution in [0.15, 0.2) is 108 Å². The Morgan fingerprint density at radius 1 is 0.473 bits per heavy atom. The standard InChI is InChI=1S/C41H48FN3O10.C22H29FO5.C21H27FO5.C20H23N3O6.C2HF3O2/c1-22-18-28-27-12-11-23-19-24(46)15-16-38(23,2)40(27,42)31(48)20-39(28,3)41(22,54)37(53)43-17-6-4-5-8-25(47)21-55-30-10-7-9-26-33(30)36(52)45(35(26)51)29-13-14-32(49)44-34(29)50;1-12-8-16-15-5-4-13-9-14(25)6-7-19(13,2)21(15,23)17(26)10-20(16,3)22(12,28)18(27)11-24;1-11-8-15-14-5-4-12-9-13(23)6-7-18(12,2)20(14,22)16(24)10-19(15,3)21(11,27)17(25)26;21-10-3-1-2-5-12(24)11-29-15-7-4-6-13-17(15)20(28)23(19(13)27)14-8-9-16(25)22-18(14)26;3-2(4,5)1(6)7/h7,9-10,15-16,19,22,27-29,31,48,54H,4-6,8,11-14,17-18,20-21H2,1-3H3,(H,43,53)(H,44,49,50);6-7,9,12,15-17,24,26,28H,4-5,8,10-11H2,1-3H3;6-7,9,11,14-16,24,27H,4-5,8,10H2,1-3H3,(H,25,26);4,6-7,14H,1-3,5,8-11,21H2,(H,22,25,26);(H,6,7)/t22-,27+,28+,29?,31+,38+,39+,40+,41+;12-,15+,16+,17+,19+,20+,21+,22+;11-,14+,15+,16+,18+,19+,20+,21+;;/m111../s1. The number of aliphatic hydroxyl groups is 7. The highest BCUT2D eigenvalue weighted by atomic mass is 19.4. The second-order valence-electron chi connectivity index (χ2n) is 43.8. The van der Waals surface area contributed by atoms with Gasteiger partial charge in [0.05, 0.1) is 40.6 Å². The summed E-state index contributed by atoms with van der Waals surface area (Å²) in [5.41, 5.74) is -10.6. The van der Waals surface area contributed by atoms with Gasteiger partial charge in [0.15, 0.2) is 62.9 Å². The first-order chi connectivity index (χ1) is 68.3. The van der Waals surface area contributed by atoms with E-state index in [4.69, 9.17) is 25.1 Å². The Bertz CT molecular complexity index is 5950.